The molecule has 136 valence electrons. The summed E-state index contributed by atoms with van der Waals surface area (Å²) < 4.78 is 11.5. The largest absolute Gasteiger partial charge is 0.508 e. The SMILES string of the molecule is Cc1cc(O)cc(-c2nc(N3CCOCC3)c3oc4ncccc4c3n2)c1. The average Bonchev–Trinajstić information content (AvgIpc) is 3.06. The van der Waals surface area contributed by atoms with E-state index in [1.807, 2.05) is 25.1 Å². The molecule has 0 spiro atoms. The van der Waals surface area contributed by atoms with Crippen molar-refractivity contribution in [1.82, 2.24) is 15.0 Å². The normalized spacial score (nSPS) is 14.9. The van der Waals surface area contributed by atoms with Crippen LogP contribution in [0.3, 0.4) is 0 Å². The Labute approximate surface area is 155 Å². The second-order valence-electron chi connectivity index (χ2n) is 6.66. The van der Waals surface area contributed by atoms with E-state index in [4.69, 9.17) is 19.1 Å². The van der Waals surface area contributed by atoms with Crippen molar-refractivity contribution in [3.8, 4) is 17.1 Å². The van der Waals surface area contributed by atoms with Crippen LogP contribution in [0.4, 0.5) is 5.82 Å². The molecule has 1 aromatic carbocycles. The summed E-state index contributed by atoms with van der Waals surface area (Å²) in [5.74, 6) is 1.48. The summed E-state index contributed by atoms with van der Waals surface area (Å²) in [5, 5.41) is 10.9. The van der Waals surface area contributed by atoms with Gasteiger partial charge in [-0.05, 0) is 42.8 Å². The molecule has 0 saturated carbocycles. The average molecular weight is 362 g/mol. The van der Waals surface area contributed by atoms with E-state index in [2.05, 4.69) is 9.88 Å². The zero-order valence-corrected chi connectivity index (χ0v) is 14.8. The number of fused-ring (bicyclic) bond motifs is 3. The number of aryl methyl sites for hydroxylation is 1. The van der Waals surface area contributed by atoms with Crippen LogP contribution >= 0.6 is 0 Å². The number of furan rings is 1. The Bertz CT molecular complexity index is 1130. The molecule has 7 nitrogen and oxygen atoms in total. The van der Waals surface area contributed by atoms with Crippen LogP contribution in [0.2, 0.25) is 0 Å². The van der Waals surface area contributed by atoms with E-state index in [-0.39, 0.29) is 5.75 Å². The first-order valence-corrected chi connectivity index (χ1v) is 8.88. The Hall–Kier alpha value is -3.19. The van der Waals surface area contributed by atoms with Crippen LogP contribution in [0, 0.1) is 6.92 Å². The maximum absolute atomic E-state index is 10.0. The van der Waals surface area contributed by atoms with Gasteiger partial charge in [0.15, 0.2) is 17.2 Å². The number of benzene rings is 1. The number of phenolic OH excluding ortho intramolecular Hbond substituents is 1. The molecule has 1 saturated heterocycles. The first-order chi connectivity index (χ1) is 13.2. The highest BCUT2D eigenvalue weighted by Crippen LogP contribution is 2.35. The first-order valence-electron chi connectivity index (χ1n) is 8.88. The molecule has 7 heteroatoms. The fourth-order valence-electron chi connectivity index (χ4n) is 3.47. The number of pyridine rings is 1. The van der Waals surface area contributed by atoms with Crippen molar-refractivity contribution in [1.29, 1.82) is 0 Å². The van der Waals surface area contributed by atoms with Crippen LogP contribution in [0.1, 0.15) is 5.56 Å². The standard InChI is InChI=1S/C20H18N4O3/c1-12-9-13(11-14(25)10-12)18-22-16-15-3-2-4-21-20(15)27-17(16)19(23-18)24-5-7-26-8-6-24/h2-4,9-11,25H,5-8H2,1H3. The molecule has 1 N–H and O–H groups in total. The zero-order chi connectivity index (χ0) is 18.4. The van der Waals surface area contributed by atoms with E-state index >= 15 is 0 Å². The fourth-order valence-corrected chi connectivity index (χ4v) is 3.47. The summed E-state index contributed by atoms with van der Waals surface area (Å²) in [4.78, 5) is 16.0. The highest BCUT2D eigenvalue weighted by atomic mass is 16.5. The molecule has 5 rings (SSSR count). The molecule has 0 bridgehead atoms. The fraction of sp³-hybridized carbons (Fsp3) is 0.250. The molecular formula is C20H18N4O3. The van der Waals surface area contributed by atoms with Crippen LogP contribution in [0.15, 0.2) is 40.9 Å². The summed E-state index contributed by atoms with van der Waals surface area (Å²) in [6.07, 6.45) is 1.70. The van der Waals surface area contributed by atoms with Crippen molar-refractivity contribution in [2.75, 3.05) is 31.2 Å². The van der Waals surface area contributed by atoms with Gasteiger partial charge in [-0.1, -0.05) is 0 Å². The van der Waals surface area contributed by atoms with E-state index in [0.717, 1.165) is 40.9 Å². The Kier molecular flexibility index (Phi) is 3.68. The van der Waals surface area contributed by atoms with Crippen LogP contribution < -0.4 is 4.90 Å². The van der Waals surface area contributed by atoms with Gasteiger partial charge in [0.05, 0.1) is 18.6 Å². The summed E-state index contributed by atoms with van der Waals surface area (Å²) >= 11 is 0. The molecule has 0 radical (unpaired) electrons. The summed E-state index contributed by atoms with van der Waals surface area (Å²) in [7, 11) is 0. The van der Waals surface area contributed by atoms with Gasteiger partial charge in [0, 0.05) is 24.8 Å². The van der Waals surface area contributed by atoms with Crippen molar-refractivity contribution < 1.29 is 14.3 Å². The molecular weight excluding hydrogens is 344 g/mol. The first kappa shape index (κ1) is 16.0. The van der Waals surface area contributed by atoms with Gasteiger partial charge < -0.3 is 19.2 Å². The molecule has 0 amide bonds. The van der Waals surface area contributed by atoms with Gasteiger partial charge in [-0.3, -0.25) is 0 Å². The Morgan fingerprint density at radius 2 is 1.96 bits per heavy atom. The van der Waals surface area contributed by atoms with Crippen LogP contribution in [0.25, 0.3) is 33.6 Å². The monoisotopic (exact) mass is 362 g/mol. The number of hydrogen-bond donors (Lipinski definition) is 1. The van der Waals surface area contributed by atoms with Crippen molar-refractivity contribution in [2.45, 2.75) is 6.92 Å². The van der Waals surface area contributed by atoms with Gasteiger partial charge in [0.2, 0.25) is 5.71 Å². The van der Waals surface area contributed by atoms with Crippen molar-refractivity contribution in [3.63, 3.8) is 0 Å². The van der Waals surface area contributed by atoms with E-state index in [0.29, 0.717) is 30.3 Å². The lowest BCUT2D eigenvalue weighted by atomic mass is 10.1. The lowest BCUT2D eigenvalue weighted by molar-refractivity contribution is 0.122. The Balaban J connectivity index is 1.79. The third kappa shape index (κ3) is 2.76. The highest BCUT2D eigenvalue weighted by molar-refractivity contribution is 6.05. The minimum atomic E-state index is 0.195. The molecule has 3 aromatic heterocycles. The second-order valence-corrected chi connectivity index (χ2v) is 6.66. The topological polar surface area (TPSA) is 84.5 Å². The van der Waals surface area contributed by atoms with E-state index < -0.39 is 0 Å². The molecule has 27 heavy (non-hydrogen) atoms. The van der Waals surface area contributed by atoms with Crippen molar-refractivity contribution in [3.05, 3.63) is 42.1 Å². The number of aromatic nitrogens is 3. The number of phenols is 1. The molecule has 4 aromatic rings. The Morgan fingerprint density at radius 3 is 2.78 bits per heavy atom. The van der Waals surface area contributed by atoms with Gasteiger partial charge in [0.1, 0.15) is 11.3 Å². The van der Waals surface area contributed by atoms with Crippen LogP contribution in [-0.2, 0) is 4.74 Å². The number of hydrogen-bond acceptors (Lipinski definition) is 7. The van der Waals surface area contributed by atoms with E-state index in [1.165, 1.54) is 0 Å². The summed E-state index contributed by atoms with van der Waals surface area (Å²) in [6.45, 7) is 4.68. The number of nitrogens with zero attached hydrogens (tertiary/aromatic N) is 4. The summed E-state index contributed by atoms with van der Waals surface area (Å²) in [5.41, 5.74) is 3.61. The van der Waals surface area contributed by atoms with Crippen LogP contribution in [0.5, 0.6) is 5.75 Å². The van der Waals surface area contributed by atoms with Gasteiger partial charge in [-0.2, -0.15) is 0 Å². The predicted molar refractivity (Wildman–Crippen MR) is 102 cm³/mol. The third-order valence-electron chi connectivity index (χ3n) is 4.70. The molecule has 0 aliphatic carbocycles. The van der Waals surface area contributed by atoms with Crippen LogP contribution in [-0.4, -0.2) is 46.4 Å². The molecule has 0 unspecified atom stereocenters. The van der Waals surface area contributed by atoms with Gasteiger partial charge >= 0.3 is 0 Å². The number of morpholine rings is 1. The molecule has 1 fully saturated rings. The third-order valence-corrected chi connectivity index (χ3v) is 4.70. The molecule has 0 atom stereocenters. The number of aromatic hydroxyl groups is 1. The van der Waals surface area contributed by atoms with Gasteiger partial charge in [-0.15, -0.1) is 0 Å². The van der Waals surface area contributed by atoms with Crippen molar-refractivity contribution >= 4 is 28.0 Å². The maximum Gasteiger partial charge on any atom is 0.229 e. The maximum atomic E-state index is 10.0. The number of ether oxygens (including phenoxy) is 1. The van der Waals surface area contributed by atoms with E-state index in [1.54, 1.807) is 18.3 Å². The minimum absolute atomic E-state index is 0.195. The summed E-state index contributed by atoms with van der Waals surface area (Å²) in [6, 6.07) is 9.16. The van der Waals surface area contributed by atoms with E-state index in [9.17, 15) is 5.11 Å². The Morgan fingerprint density at radius 1 is 1.11 bits per heavy atom. The minimum Gasteiger partial charge on any atom is -0.508 e. The quantitative estimate of drug-likeness (QED) is 0.586. The predicted octanol–water partition coefficient (Wildman–Crippen LogP) is 3.29. The number of anilines is 1. The lowest BCUT2D eigenvalue weighted by Crippen LogP contribution is -2.37. The second kappa shape index (κ2) is 6.21. The number of rotatable bonds is 2. The highest BCUT2D eigenvalue weighted by Gasteiger charge is 2.23. The molecule has 1 aliphatic heterocycles. The van der Waals surface area contributed by atoms with Gasteiger partial charge in [0.25, 0.3) is 0 Å². The van der Waals surface area contributed by atoms with Crippen molar-refractivity contribution in [2.24, 2.45) is 0 Å². The van der Waals surface area contributed by atoms with Gasteiger partial charge in [-0.25, -0.2) is 15.0 Å². The molecule has 1 aliphatic rings. The zero-order valence-electron chi connectivity index (χ0n) is 14.8. The molecule has 4 heterocycles. The smallest absolute Gasteiger partial charge is 0.229 e. The lowest BCUT2D eigenvalue weighted by Gasteiger charge is -2.27.